The molecular weight excluding hydrogens is 579 g/mol. The van der Waals surface area contributed by atoms with Crippen LogP contribution >= 0.6 is 34.2 Å². The molecule has 0 amide bonds. The number of aromatic nitrogens is 2. The van der Waals surface area contributed by atoms with Crippen molar-refractivity contribution in [2.24, 2.45) is 5.41 Å². The minimum Gasteiger partial charge on any atom is -0.493 e. The van der Waals surface area contributed by atoms with E-state index in [1.807, 2.05) is 30.3 Å². The molecule has 0 atom stereocenters. The van der Waals surface area contributed by atoms with E-state index in [4.69, 9.17) is 25.8 Å². The molecule has 3 aromatic rings. The second kappa shape index (κ2) is 11.0. The molecule has 1 aromatic heterocycles. The average Bonchev–Trinajstić information content (AvgIpc) is 3.26. The monoisotopic (exact) mass is 608 g/mol. The summed E-state index contributed by atoms with van der Waals surface area (Å²) in [6.07, 6.45) is 6.19. The van der Waals surface area contributed by atoms with Crippen LogP contribution in [-0.4, -0.2) is 61.4 Å². The van der Waals surface area contributed by atoms with Gasteiger partial charge in [-0.1, -0.05) is 11.6 Å². The number of rotatable bonds is 8. The fourth-order valence-electron chi connectivity index (χ4n) is 5.05. The molecule has 2 aliphatic rings. The first-order chi connectivity index (χ1) is 17.0. The van der Waals surface area contributed by atoms with Crippen molar-refractivity contribution < 1.29 is 14.2 Å². The van der Waals surface area contributed by atoms with Gasteiger partial charge in [0.1, 0.15) is 12.1 Å². The van der Waals surface area contributed by atoms with Gasteiger partial charge >= 0.3 is 0 Å². The zero-order chi connectivity index (χ0) is 24.3. The molecule has 0 unspecified atom stereocenters. The molecule has 0 bridgehead atoms. The van der Waals surface area contributed by atoms with Crippen molar-refractivity contribution in [3.05, 3.63) is 45.3 Å². The summed E-state index contributed by atoms with van der Waals surface area (Å²) < 4.78 is 18.4. The fourth-order valence-corrected chi connectivity index (χ4v) is 5.56. The van der Waals surface area contributed by atoms with Crippen molar-refractivity contribution in [2.45, 2.75) is 25.7 Å². The van der Waals surface area contributed by atoms with Gasteiger partial charge in [-0.3, -0.25) is 0 Å². The van der Waals surface area contributed by atoms with Gasteiger partial charge in [0, 0.05) is 47.0 Å². The molecule has 2 aromatic carbocycles. The maximum Gasteiger partial charge on any atom is 0.162 e. The molecule has 186 valence electrons. The van der Waals surface area contributed by atoms with Crippen LogP contribution in [0.25, 0.3) is 10.9 Å². The number of hydrogen-bond acceptors (Lipinski definition) is 7. The van der Waals surface area contributed by atoms with Gasteiger partial charge in [-0.05, 0) is 84.5 Å². The maximum absolute atomic E-state index is 6.30. The van der Waals surface area contributed by atoms with Crippen LogP contribution in [0.15, 0.2) is 36.7 Å². The fraction of sp³-hybridized carbons (Fsp3) is 0.462. The zero-order valence-electron chi connectivity index (χ0n) is 19.9. The van der Waals surface area contributed by atoms with Crippen LogP contribution in [0.4, 0.5) is 11.5 Å². The largest absolute Gasteiger partial charge is 0.493 e. The summed E-state index contributed by atoms with van der Waals surface area (Å²) in [7, 11) is 1.65. The lowest BCUT2D eigenvalue weighted by Crippen LogP contribution is -2.33. The third kappa shape index (κ3) is 5.76. The smallest absolute Gasteiger partial charge is 0.162 e. The van der Waals surface area contributed by atoms with Gasteiger partial charge in [-0.15, -0.1) is 0 Å². The highest BCUT2D eigenvalue weighted by Crippen LogP contribution is 2.40. The zero-order valence-corrected chi connectivity index (χ0v) is 22.8. The summed E-state index contributed by atoms with van der Waals surface area (Å²) in [5.41, 5.74) is 2.12. The van der Waals surface area contributed by atoms with Gasteiger partial charge in [0.15, 0.2) is 11.5 Å². The molecule has 2 saturated heterocycles. The Bertz CT molecular complexity index is 1190. The van der Waals surface area contributed by atoms with Crippen molar-refractivity contribution in [3.8, 4) is 11.5 Å². The van der Waals surface area contributed by atoms with Gasteiger partial charge in [-0.25, -0.2) is 9.97 Å². The average molecular weight is 609 g/mol. The molecule has 9 heteroatoms. The molecule has 35 heavy (non-hydrogen) atoms. The molecule has 0 saturated carbocycles. The summed E-state index contributed by atoms with van der Waals surface area (Å²) in [6.45, 7) is 5.85. The van der Waals surface area contributed by atoms with Crippen LogP contribution in [0, 0.1) is 8.99 Å². The van der Waals surface area contributed by atoms with Crippen LogP contribution in [0.3, 0.4) is 0 Å². The van der Waals surface area contributed by atoms with Crippen molar-refractivity contribution in [1.82, 2.24) is 14.9 Å². The Hall–Kier alpha value is -1.88. The van der Waals surface area contributed by atoms with Gasteiger partial charge in [0.2, 0.25) is 0 Å². The maximum atomic E-state index is 6.30. The number of hydrogen-bond donors (Lipinski definition) is 1. The summed E-state index contributed by atoms with van der Waals surface area (Å²) in [6, 6.07) is 9.69. The first-order valence-corrected chi connectivity index (χ1v) is 13.5. The van der Waals surface area contributed by atoms with Crippen molar-refractivity contribution in [2.75, 3.05) is 51.9 Å². The highest BCUT2D eigenvalue weighted by molar-refractivity contribution is 14.1. The van der Waals surface area contributed by atoms with E-state index in [1.54, 1.807) is 13.4 Å². The second-order valence-corrected chi connectivity index (χ2v) is 10.9. The van der Waals surface area contributed by atoms with E-state index >= 15 is 0 Å². The van der Waals surface area contributed by atoms with Crippen LogP contribution in [-0.2, 0) is 4.74 Å². The van der Waals surface area contributed by atoms with Crippen molar-refractivity contribution in [1.29, 1.82) is 0 Å². The molecule has 0 aliphatic carbocycles. The Morgan fingerprint density at radius 3 is 2.80 bits per heavy atom. The normalized spacial score (nSPS) is 17.7. The number of fused-ring (bicyclic) bond motifs is 1. The number of halogens is 2. The quantitative estimate of drug-likeness (QED) is 0.252. The second-order valence-electron chi connectivity index (χ2n) is 9.34. The molecule has 1 spiro atoms. The summed E-state index contributed by atoms with van der Waals surface area (Å²) >= 11 is 8.51. The Morgan fingerprint density at radius 1 is 1.14 bits per heavy atom. The number of likely N-dealkylation sites (tertiary alicyclic amines) is 1. The summed E-state index contributed by atoms with van der Waals surface area (Å²) in [4.78, 5) is 11.5. The lowest BCUT2D eigenvalue weighted by Gasteiger charge is -2.33. The van der Waals surface area contributed by atoms with Crippen LogP contribution < -0.4 is 14.8 Å². The summed E-state index contributed by atoms with van der Waals surface area (Å²) in [5, 5.41) is 4.92. The topological polar surface area (TPSA) is 68.7 Å². The van der Waals surface area contributed by atoms with E-state index < -0.39 is 0 Å². The van der Waals surface area contributed by atoms with Crippen molar-refractivity contribution in [3.63, 3.8) is 0 Å². The minimum atomic E-state index is 0.478. The van der Waals surface area contributed by atoms with E-state index in [2.05, 4.69) is 42.8 Å². The Morgan fingerprint density at radius 2 is 2.00 bits per heavy atom. The number of ether oxygens (including phenoxy) is 3. The summed E-state index contributed by atoms with van der Waals surface area (Å²) in [5.74, 6) is 2.06. The molecule has 1 N–H and O–H groups in total. The Labute approximate surface area is 224 Å². The minimum absolute atomic E-state index is 0.478. The van der Waals surface area contributed by atoms with E-state index in [-0.39, 0.29) is 0 Å². The molecule has 7 nitrogen and oxygen atoms in total. The van der Waals surface area contributed by atoms with E-state index in [0.29, 0.717) is 34.4 Å². The molecule has 2 aliphatic heterocycles. The van der Waals surface area contributed by atoms with Crippen LogP contribution in [0.2, 0.25) is 5.02 Å². The van der Waals surface area contributed by atoms with E-state index in [1.165, 1.54) is 32.4 Å². The number of nitrogens with zero attached hydrogens (tertiary/aromatic N) is 3. The SMILES string of the molecule is COc1cc2ncnc(Nc3ccc(I)c(Cl)c3)c2cc1OCCCN1CCC2(CCOCC2)C1. The highest BCUT2D eigenvalue weighted by atomic mass is 127. The molecule has 0 radical (unpaired) electrons. The van der Waals surface area contributed by atoms with E-state index in [0.717, 1.165) is 46.3 Å². The molecule has 3 heterocycles. The number of methoxy groups -OCH3 is 1. The predicted molar refractivity (Wildman–Crippen MR) is 147 cm³/mol. The molecular formula is C26H30ClIN4O3. The van der Waals surface area contributed by atoms with Gasteiger partial charge in [-0.2, -0.15) is 0 Å². The van der Waals surface area contributed by atoms with Crippen LogP contribution in [0.5, 0.6) is 11.5 Å². The predicted octanol–water partition coefficient (Wildman–Crippen LogP) is 5.91. The van der Waals surface area contributed by atoms with Crippen molar-refractivity contribution >= 4 is 56.6 Å². The van der Waals surface area contributed by atoms with Gasteiger partial charge in [0.05, 0.1) is 24.3 Å². The lowest BCUT2D eigenvalue weighted by molar-refractivity contribution is 0.0192. The van der Waals surface area contributed by atoms with Gasteiger partial charge < -0.3 is 24.4 Å². The van der Waals surface area contributed by atoms with E-state index in [9.17, 15) is 0 Å². The Kier molecular flexibility index (Phi) is 7.81. The third-order valence-electron chi connectivity index (χ3n) is 7.05. The third-order valence-corrected chi connectivity index (χ3v) is 8.62. The number of benzene rings is 2. The number of anilines is 2. The first-order valence-electron chi connectivity index (χ1n) is 12.0. The molecule has 2 fully saturated rings. The molecule has 5 rings (SSSR count). The standard InChI is InChI=1S/C26H30ClIN4O3/c1-33-23-15-22-19(25(30-17-29-22)31-18-3-4-21(28)20(27)13-18)14-24(23)35-10-2-8-32-9-5-26(16-32)6-11-34-12-7-26/h3-4,13-15,17H,2,5-12,16H2,1H3,(H,29,30,31). The first kappa shape index (κ1) is 24.8. The highest BCUT2D eigenvalue weighted by Gasteiger charge is 2.38. The number of nitrogens with one attached hydrogen (secondary N) is 1. The Balaban J connectivity index is 1.25. The van der Waals surface area contributed by atoms with Gasteiger partial charge in [0.25, 0.3) is 0 Å². The van der Waals surface area contributed by atoms with Crippen LogP contribution in [0.1, 0.15) is 25.7 Å². The lowest BCUT2D eigenvalue weighted by atomic mass is 9.80.